The molecule has 0 bridgehead atoms. The zero-order valence-corrected chi connectivity index (χ0v) is 20.6. The molecule has 3 heterocycles. The van der Waals surface area contributed by atoms with Crippen molar-refractivity contribution < 1.29 is 9.18 Å². The maximum atomic E-state index is 14.3. The van der Waals surface area contributed by atoms with Crippen molar-refractivity contribution in [2.75, 3.05) is 50.4 Å². The van der Waals surface area contributed by atoms with Crippen LogP contribution in [0.25, 0.3) is 11.3 Å². The summed E-state index contributed by atoms with van der Waals surface area (Å²) in [6.45, 7) is 6.94. The Bertz CT molecular complexity index is 1180. The zero-order valence-electron chi connectivity index (χ0n) is 19.9. The van der Waals surface area contributed by atoms with Crippen LogP contribution in [0.5, 0.6) is 0 Å². The fourth-order valence-corrected chi connectivity index (χ4v) is 4.05. The smallest absolute Gasteiger partial charge is 0.225 e. The summed E-state index contributed by atoms with van der Waals surface area (Å²) < 4.78 is 14.3. The molecule has 35 heavy (non-hydrogen) atoms. The van der Waals surface area contributed by atoms with Gasteiger partial charge in [-0.3, -0.25) is 4.79 Å². The molecule has 3 aromatic rings. The minimum Gasteiger partial charge on any atom is -0.354 e. The van der Waals surface area contributed by atoms with E-state index in [1.165, 1.54) is 18.2 Å². The number of piperazine rings is 1. The van der Waals surface area contributed by atoms with Gasteiger partial charge in [0, 0.05) is 61.1 Å². The number of aryl methyl sites for hydroxylation is 1. The summed E-state index contributed by atoms with van der Waals surface area (Å²) in [5.41, 5.74) is 2.64. The molecule has 1 amide bonds. The molecule has 0 unspecified atom stereocenters. The molecule has 1 aliphatic heterocycles. The number of hydrogen-bond donors (Lipinski definition) is 2. The molecule has 2 aromatic heterocycles. The second-order valence-corrected chi connectivity index (χ2v) is 9.14. The molecule has 0 spiro atoms. The Labute approximate surface area is 209 Å². The van der Waals surface area contributed by atoms with E-state index in [2.05, 4.69) is 42.7 Å². The third-order valence-corrected chi connectivity index (χ3v) is 6.20. The van der Waals surface area contributed by atoms with Crippen LogP contribution in [-0.4, -0.2) is 70.7 Å². The van der Waals surface area contributed by atoms with Gasteiger partial charge in [0.2, 0.25) is 5.91 Å². The highest BCUT2D eigenvalue weighted by Gasteiger charge is 2.14. The number of aromatic nitrogens is 3. The number of carbonyl (C=O) groups excluding carboxylic acids is 1. The average molecular weight is 498 g/mol. The van der Waals surface area contributed by atoms with E-state index >= 15 is 0 Å². The van der Waals surface area contributed by atoms with Crippen LogP contribution in [-0.2, 0) is 4.79 Å². The van der Waals surface area contributed by atoms with E-state index in [0.717, 1.165) is 39.1 Å². The van der Waals surface area contributed by atoms with Crippen molar-refractivity contribution in [2.24, 2.45) is 0 Å². The summed E-state index contributed by atoms with van der Waals surface area (Å²) in [4.78, 5) is 21.4. The van der Waals surface area contributed by atoms with Gasteiger partial charge in [0.1, 0.15) is 11.6 Å². The topological polar surface area (TPSA) is 86.3 Å². The molecule has 0 saturated carbocycles. The van der Waals surface area contributed by atoms with Crippen LogP contribution in [0.15, 0.2) is 42.6 Å². The number of amides is 1. The lowest BCUT2D eigenvalue weighted by Gasteiger charge is -2.32. The number of anilines is 3. The lowest BCUT2D eigenvalue weighted by Crippen LogP contribution is -2.44. The van der Waals surface area contributed by atoms with E-state index in [1.54, 1.807) is 31.3 Å². The van der Waals surface area contributed by atoms with Gasteiger partial charge in [0.15, 0.2) is 0 Å². The molecule has 1 saturated heterocycles. The third kappa shape index (κ3) is 6.94. The first-order valence-electron chi connectivity index (χ1n) is 11.6. The standard InChI is InChI=1S/C25H29ClFN7O/c1-17-22(16-23(32-31-17)20-14-18(26)5-6-21(20)27)29-19-7-8-28-24(15-19)30-25(35)4-3-9-34-12-10-33(2)11-13-34/h5-8,14-16H,3-4,9-13H2,1-2H3,(H2,28,29,30,32,35). The molecule has 1 aliphatic rings. The van der Waals surface area contributed by atoms with E-state index in [4.69, 9.17) is 11.6 Å². The molecule has 1 aromatic carbocycles. The van der Waals surface area contributed by atoms with Crippen LogP contribution in [0, 0.1) is 12.7 Å². The third-order valence-electron chi connectivity index (χ3n) is 5.96. The molecular weight excluding hydrogens is 469 g/mol. The highest BCUT2D eigenvalue weighted by atomic mass is 35.5. The number of hydrogen-bond acceptors (Lipinski definition) is 7. The Morgan fingerprint density at radius 3 is 2.71 bits per heavy atom. The SMILES string of the molecule is Cc1nnc(-c2cc(Cl)ccc2F)cc1Nc1ccnc(NC(=O)CCCN2CCN(C)CC2)c1. The van der Waals surface area contributed by atoms with Crippen molar-refractivity contribution >= 4 is 34.7 Å². The highest BCUT2D eigenvalue weighted by Crippen LogP contribution is 2.28. The van der Waals surface area contributed by atoms with Gasteiger partial charge < -0.3 is 20.4 Å². The number of nitrogens with one attached hydrogen (secondary N) is 2. The van der Waals surface area contributed by atoms with Crippen LogP contribution < -0.4 is 10.6 Å². The monoisotopic (exact) mass is 497 g/mol. The molecule has 4 rings (SSSR count). The van der Waals surface area contributed by atoms with Crippen molar-refractivity contribution in [3.05, 3.63) is 59.1 Å². The summed E-state index contributed by atoms with van der Waals surface area (Å²) in [5, 5.41) is 14.8. The molecule has 0 atom stereocenters. The first-order valence-corrected chi connectivity index (χ1v) is 12.0. The number of benzene rings is 1. The van der Waals surface area contributed by atoms with Gasteiger partial charge >= 0.3 is 0 Å². The molecule has 2 N–H and O–H groups in total. The largest absolute Gasteiger partial charge is 0.354 e. The van der Waals surface area contributed by atoms with Gasteiger partial charge in [0.25, 0.3) is 0 Å². The molecule has 0 aliphatic carbocycles. The van der Waals surface area contributed by atoms with Gasteiger partial charge in [0.05, 0.1) is 17.1 Å². The van der Waals surface area contributed by atoms with Gasteiger partial charge in [-0.15, -0.1) is 0 Å². The number of rotatable bonds is 8. The van der Waals surface area contributed by atoms with Crippen LogP contribution >= 0.6 is 11.6 Å². The van der Waals surface area contributed by atoms with Crippen molar-refractivity contribution in [3.8, 4) is 11.3 Å². The van der Waals surface area contributed by atoms with E-state index < -0.39 is 5.82 Å². The van der Waals surface area contributed by atoms with Crippen LogP contribution in [0.2, 0.25) is 5.02 Å². The van der Waals surface area contributed by atoms with E-state index in [9.17, 15) is 9.18 Å². The van der Waals surface area contributed by atoms with Crippen molar-refractivity contribution in [1.29, 1.82) is 0 Å². The van der Waals surface area contributed by atoms with E-state index in [-0.39, 0.29) is 11.5 Å². The fourth-order valence-electron chi connectivity index (χ4n) is 3.88. The van der Waals surface area contributed by atoms with Crippen molar-refractivity contribution in [2.45, 2.75) is 19.8 Å². The Hall–Kier alpha value is -3.14. The fraction of sp³-hybridized carbons (Fsp3) is 0.360. The molecule has 1 fully saturated rings. The van der Waals surface area contributed by atoms with Crippen molar-refractivity contribution in [3.63, 3.8) is 0 Å². The maximum Gasteiger partial charge on any atom is 0.225 e. The van der Waals surface area contributed by atoms with Crippen molar-refractivity contribution in [1.82, 2.24) is 25.0 Å². The molecule has 184 valence electrons. The number of likely N-dealkylation sites (N-methyl/N-ethyl adjacent to an activating group) is 1. The summed E-state index contributed by atoms with van der Waals surface area (Å²) in [5.74, 6) is -0.0373. The second-order valence-electron chi connectivity index (χ2n) is 8.70. The quantitative estimate of drug-likeness (QED) is 0.478. The Morgan fingerprint density at radius 1 is 1.11 bits per heavy atom. The van der Waals surface area contributed by atoms with Gasteiger partial charge in [-0.05, 0) is 57.3 Å². The van der Waals surface area contributed by atoms with Gasteiger partial charge in [-0.1, -0.05) is 11.6 Å². The molecule has 0 radical (unpaired) electrons. The summed E-state index contributed by atoms with van der Waals surface area (Å²) >= 11 is 6.03. The first-order chi connectivity index (χ1) is 16.9. The van der Waals surface area contributed by atoms with Crippen LogP contribution in [0.4, 0.5) is 21.6 Å². The van der Waals surface area contributed by atoms with Gasteiger partial charge in [-0.2, -0.15) is 10.2 Å². The van der Waals surface area contributed by atoms with E-state index in [0.29, 0.717) is 40.0 Å². The van der Waals surface area contributed by atoms with E-state index in [1.807, 2.05) is 0 Å². The Kier molecular flexibility index (Phi) is 8.22. The Balaban J connectivity index is 1.37. The Morgan fingerprint density at radius 2 is 1.91 bits per heavy atom. The summed E-state index contributed by atoms with van der Waals surface area (Å²) in [7, 11) is 2.13. The molecule has 8 nitrogen and oxygen atoms in total. The maximum absolute atomic E-state index is 14.3. The predicted octanol–water partition coefficient (Wildman–Crippen LogP) is 4.35. The number of pyridine rings is 1. The number of nitrogens with zero attached hydrogens (tertiary/aromatic N) is 5. The normalized spacial score (nSPS) is 14.6. The van der Waals surface area contributed by atoms with Crippen LogP contribution in [0.1, 0.15) is 18.5 Å². The minimum absolute atomic E-state index is 0.0655. The number of carbonyl (C=O) groups is 1. The summed E-state index contributed by atoms with van der Waals surface area (Å²) in [6.07, 6.45) is 2.86. The zero-order chi connectivity index (χ0) is 24.8. The lowest BCUT2D eigenvalue weighted by atomic mass is 10.1. The minimum atomic E-state index is -0.431. The molecule has 10 heteroatoms. The lowest BCUT2D eigenvalue weighted by molar-refractivity contribution is -0.116. The average Bonchev–Trinajstić information content (AvgIpc) is 2.83. The first kappa shape index (κ1) is 25.0. The predicted molar refractivity (Wildman–Crippen MR) is 136 cm³/mol. The van der Waals surface area contributed by atoms with Gasteiger partial charge in [-0.25, -0.2) is 9.37 Å². The second kappa shape index (κ2) is 11.5. The summed E-state index contributed by atoms with van der Waals surface area (Å²) in [6, 6.07) is 9.55. The molecular formula is C25H29ClFN7O. The highest BCUT2D eigenvalue weighted by molar-refractivity contribution is 6.30. The van der Waals surface area contributed by atoms with Crippen LogP contribution in [0.3, 0.4) is 0 Å². The number of halogens is 2.